The Labute approximate surface area is 96.0 Å². The molecule has 1 aromatic heterocycles. The molecule has 2 heterocycles. The van der Waals surface area contributed by atoms with Crippen molar-refractivity contribution in [3.63, 3.8) is 0 Å². The maximum Gasteiger partial charge on any atom is 0.500 e. The number of nitrogen functional groups attached to an aromatic ring is 1. The fourth-order valence-electron chi connectivity index (χ4n) is 1.68. The topological polar surface area (TPSA) is 62.3 Å². The van der Waals surface area contributed by atoms with E-state index in [9.17, 15) is 0 Å². The summed E-state index contributed by atoms with van der Waals surface area (Å²) >= 11 is 0. The lowest BCUT2D eigenvalue weighted by Gasteiger charge is -2.32. The molecule has 0 bridgehead atoms. The van der Waals surface area contributed by atoms with Gasteiger partial charge in [-0.1, -0.05) is 0 Å². The van der Waals surface area contributed by atoms with E-state index in [4.69, 9.17) is 15.0 Å². The number of hydrogen-bond acceptors (Lipinski definition) is 4. The second-order valence-electron chi connectivity index (χ2n) is 5.23. The van der Waals surface area contributed by atoms with E-state index in [1.54, 1.807) is 4.68 Å². The van der Waals surface area contributed by atoms with E-state index in [-0.39, 0.29) is 11.2 Å². The molecule has 88 valence electrons. The van der Waals surface area contributed by atoms with Crippen LogP contribution in [0.25, 0.3) is 0 Å². The summed E-state index contributed by atoms with van der Waals surface area (Å²) in [4.78, 5) is 0. The second kappa shape index (κ2) is 3.24. The van der Waals surface area contributed by atoms with Gasteiger partial charge >= 0.3 is 7.12 Å². The first kappa shape index (κ1) is 11.5. The molecular formula is C10H18BN3O2. The first-order valence-electron chi connectivity index (χ1n) is 5.37. The van der Waals surface area contributed by atoms with Gasteiger partial charge in [0.2, 0.25) is 0 Å². The Kier molecular flexibility index (Phi) is 2.33. The average molecular weight is 223 g/mol. The summed E-state index contributed by atoms with van der Waals surface area (Å²) in [7, 11) is 1.39. The molecule has 1 aliphatic heterocycles. The molecule has 0 saturated carbocycles. The predicted octanol–water partition coefficient (Wildman–Crippen LogP) is 0.301. The normalized spacial score (nSPS) is 22.7. The van der Waals surface area contributed by atoms with Crippen molar-refractivity contribution in [3.05, 3.63) is 6.20 Å². The molecule has 1 aromatic rings. The maximum absolute atomic E-state index is 5.89. The Bertz CT molecular complexity index is 398. The third-order valence-electron chi connectivity index (χ3n) is 3.39. The molecular weight excluding hydrogens is 205 g/mol. The molecule has 1 fully saturated rings. The summed E-state index contributed by atoms with van der Waals surface area (Å²) in [6.45, 7) is 8.05. The van der Waals surface area contributed by atoms with Gasteiger partial charge in [-0.05, 0) is 27.7 Å². The van der Waals surface area contributed by atoms with Gasteiger partial charge in [0.25, 0.3) is 0 Å². The van der Waals surface area contributed by atoms with Crippen molar-refractivity contribution in [3.8, 4) is 0 Å². The van der Waals surface area contributed by atoms with Crippen molar-refractivity contribution in [2.24, 2.45) is 7.05 Å². The quantitative estimate of drug-likeness (QED) is 0.695. The number of rotatable bonds is 1. The number of nitrogens with two attached hydrogens (primary N) is 1. The maximum atomic E-state index is 5.89. The van der Waals surface area contributed by atoms with E-state index in [0.717, 1.165) is 5.46 Å². The molecule has 0 atom stereocenters. The van der Waals surface area contributed by atoms with Crippen LogP contribution in [-0.2, 0) is 16.4 Å². The fourth-order valence-corrected chi connectivity index (χ4v) is 1.68. The second-order valence-corrected chi connectivity index (χ2v) is 5.23. The molecule has 0 spiro atoms. The highest BCUT2D eigenvalue weighted by atomic mass is 16.7. The van der Waals surface area contributed by atoms with Gasteiger partial charge in [0.1, 0.15) is 5.82 Å². The van der Waals surface area contributed by atoms with Crippen LogP contribution < -0.4 is 11.2 Å². The fraction of sp³-hybridized carbons (Fsp3) is 0.700. The molecule has 0 radical (unpaired) electrons. The van der Waals surface area contributed by atoms with Crippen molar-refractivity contribution >= 4 is 18.4 Å². The first-order valence-corrected chi connectivity index (χ1v) is 5.37. The molecule has 0 amide bonds. The van der Waals surface area contributed by atoms with Crippen molar-refractivity contribution in [2.45, 2.75) is 38.9 Å². The van der Waals surface area contributed by atoms with Crippen LogP contribution in [-0.4, -0.2) is 28.1 Å². The number of aryl methyl sites for hydroxylation is 1. The van der Waals surface area contributed by atoms with Gasteiger partial charge in [-0.15, -0.1) is 0 Å². The molecule has 5 nitrogen and oxygen atoms in total. The SMILES string of the molecule is Cn1cc(B2OC(C)(C)C(C)(C)O2)c(N)n1. The van der Waals surface area contributed by atoms with Gasteiger partial charge in [-0.25, -0.2) is 0 Å². The lowest BCUT2D eigenvalue weighted by atomic mass is 9.81. The molecule has 6 heteroatoms. The highest BCUT2D eigenvalue weighted by Crippen LogP contribution is 2.36. The largest absolute Gasteiger partial charge is 0.500 e. The van der Waals surface area contributed by atoms with E-state index in [1.807, 2.05) is 40.9 Å². The van der Waals surface area contributed by atoms with Crippen LogP contribution in [0.2, 0.25) is 0 Å². The van der Waals surface area contributed by atoms with Crippen molar-refractivity contribution < 1.29 is 9.31 Å². The number of aromatic nitrogens is 2. The van der Waals surface area contributed by atoms with Crippen molar-refractivity contribution in [2.75, 3.05) is 5.73 Å². The Hall–Kier alpha value is -1.01. The van der Waals surface area contributed by atoms with Crippen molar-refractivity contribution in [1.29, 1.82) is 0 Å². The average Bonchev–Trinajstić information content (AvgIpc) is 2.51. The molecule has 1 aliphatic rings. The molecule has 0 aliphatic carbocycles. The summed E-state index contributed by atoms with van der Waals surface area (Å²) < 4.78 is 13.4. The number of hydrogen-bond donors (Lipinski definition) is 1. The minimum Gasteiger partial charge on any atom is -0.399 e. The lowest BCUT2D eigenvalue weighted by molar-refractivity contribution is 0.00578. The Balaban J connectivity index is 2.30. The third-order valence-corrected chi connectivity index (χ3v) is 3.39. The van der Waals surface area contributed by atoms with E-state index in [0.29, 0.717) is 5.82 Å². The Morgan fingerprint density at radius 3 is 2.12 bits per heavy atom. The minimum absolute atomic E-state index is 0.347. The number of nitrogens with zero attached hydrogens (tertiary/aromatic N) is 2. The van der Waals surface area contributed by atoms with Gasteiger partial charge in [0, 0.05) is 18.7 Å². The highest BCUT2D eigenvalue weighted by Gasteiger charge is 2.52. The molecule has 0 unspecified atom stereocenters. The first-order chi connectivity index (χ1) is 7.23. The molecule has 1 saturated heterocycles. The van der Waals surface area contributed by atoms with Gasteiger partial charge in [-0.2, -0.15) is 5.10 Å². The van der Waals surface area contributed by atoms with Crippen LogP contribution in [0.1, 0.15) is 27.7 Å². The highest BCUT2D eigenvalue weighted by molar-refractivity contribution is 6.63. The molecule has 2 rings (SSSR count). The van der Waals surface area contributed by atoms with Gasteiger partial charge in [0.05, 0.1) is 11.2 Å². The molecule has 16 heavy (non-hydrogen) atoms. The summed E-state index contributed by atoms with van der Waals surface area (Å²) in [5, 5.41) is 4.09. The zero-order valence-corrected chi connectivity index (χ0v) is 10.4. The smallest absolute Gasteiger partial charge is 0.399 e. The van der Waals surface area contributed by atoms with Crippen molar-refractivity contribution in [1.82, 2.24) is 9.78 Å². The van der Waals surface area contributed by atoms with E-state index >= 15 is 0 Å². The summed E-state index contributed by atoms with van der Waals surface area (Å²) in [5.74, 6) is 0.459. The predicted molar refractivity (Wildman–Crippen MR) is 63.3 cm³/mol. The monoisotopic (exact) mass is 223 g/mol. The lowest BCUT2D eigenvalue weighted by Crippen LogP contribution is -2.41. The standard InChI is InChI=1S/C10H18BN3O2/c1-9(2)10(3,4)16-11(15-9)7-6-14(5)13-8(7)12/h6H,1-5H3,(H2,12,13). The summed E-state index contributed by atoms with van der Waals surface area (Å²) in [5.41, 5.74) is 5.90. The van der Waals surface area contributed by atoms with Gasteiger partial charge in [-0.3, -0.25) is 4.68 Å². The summed E-state index contributed by atoms with van der Waals surface area (Å²) in [6.07, 6.45) is 1.83. The minimum atomic E-state index is -0.432. The Morgan fingerprint density at radius 2 is 1.75 bits per heavy atom. The molecule has 2 N–H and O–H groups in total. The molecule has 0 aromatic carbocycles. The van der Waals surface area contributed by atoms with E-state index in [2.05, 4.69) is 5.10 Å². The van der Waals surface area contributed by atoms with Gasteiger partial charge < -0.3 is 15.0 Å². The van der Waals surface area contributed by atoms with E-state index in [1.165, 1.54) is 0 Å². The van der Waals surface area contributed by atoms with Crippen LogP contribution in [0.15, 0.2) is 6.20 Å². The van der Waals surface area contributed by atoms with Crippen LogP contribution in [0, 0.1) is 0 Å². The van der Waals surface area contributed by atoms with Crippen LogP contribution in [0.3, 0.4) is 0 Å². The zero-order chi connectivity index (χ0) is 12.1. The van der Waals surface area contributed by atoms with Crippen LogP contribution >= 0.6 is 0 Å². The zero-order valence-electron chi connectivity index (χ0n) is 10.4. The van der Waals surface area contributed by atoms with Crippen LogP contribution in [0.4, 0.5) is 5.82 Å². The van der Waals surface area contributed by atoms with Crippen LogP contribution in [0.5, 0.6) is 0 Å². The van der Waals surface area contributed by atoms with E-state index < -0.39 is 7.12 Å². The third kappa shape index (κ3) is 1.62. The van der Waals surface area contributed by atoms with Gasteiger partial charge in [0.15, 0.2) is 0 Å². The summed E-state index contributed by atoms with van der Waals surface area (Å²) in [6, 6.07) is 0. The Morgan fingerprint density at radius 1 is 1.25 bits per heavy atom. The number of anilines is 1.